The minimum absolute atomic E-state index is 0.00360. The highest BCUT2D eigenvalue weighted by Gasteiger charge is 2.54. The van der Waals surface area contributed by atoms with E-state index in [1.165, 1.54) is 16.7 Å². The predicted molar refractivity (Wildman–Crippen MR) is 141 cm³/mol. The fraction of sp³-hybridized carbons (Fsp3) is 0.552. The van der Waals surface area contributed by atoms with Crippen molar-refractivity contribution in [2.24, 2.45) is 5.92 Å². The van der Waals surface area contributed by atoms with Gasteiger partial charge in [0.05, 0.1) is 18.3 Å². The van der Waals surface area contributed by atoms with Crippen LogP contribution in [-0.2, 0) is 9.59 Å². The van der Waals surface area contributed by atoms with Crippen molar-refractivity contribution in [1.82, 2.24) is 25.3 Å². The van der Waals surface area contributed by atoms with Crippen molar-refractivity contribution in [3.8, 4) is 11.8 Å². The first-order chi connectivity index (χ1) is 17.2. The molecule has 1 aromatic carbocycles. The minimum Gasteiger partial charge on any atom is -0.342 e. The number of rotatable bonds is 6. The van der Waals surface area contributed by atoms with Crippen LogP contribution in [0.1, 0.15) is 74.2 Å². The van der Waals surface area contributed by atoms with Gasteiger partial charge in [-0.3, -0.25) is 19.6 Å². The number of hydrogen-bond donors (Lipinski definition) is 2. The normalized spacial score (nSPS) is 20.9. The maximum atomic E-state index is 13.6. The molecule has 2 aliphatic heterocycles. The second-order valence-electron chi connectivity index (χ2n) is 10.7. The quantitative estimate of drug-likeness (QED) is 0.607. The number of piperazine rings is 1. The second-order valence-corrected chi connectivity index (χ2v) is 10.7. The second kappa shape index (κ2) is 10.5. The highest BCUT2D eigenvalue weighted by atomic mass is 16.2. The lowest BCUT2D eigenvalue weighted by molar-refractivity contribution is -0.160. The van der Waals surface area contributed by atoms with Crippen molar-refractivity contribution in [2.75, 3.05) is 19.6 Å². The molecule has 1 spiro atoms. The van der Waals surface area contributed by atoms with Crippen LogP contribution in [0, 0.1) is 38.5 Å². The number of amides is 2. The van der Waals surface area contributed by atoms with E-state index in [0.717, 1.165) is 11.4 Å². The summed E-state index contributed by atoms with van der Waals surface area (Å²) in [6.45, 7) is 13.8. The summed E-state index contributed by atoms with van der Waals surface area (Å²) in [5, 5.41) is 10.7. The highest BCUT2D eigenvalue weighted by Crippen LogP contribution is 2.39. The van der Waals surface area contributed by atoms with Gasteiger partial charge in [-0.1, -0.05) is 49.6 Å². The zero-order valence-corrected chi connectivity index (χ0v) is 22.4. The number of carbonyl (C=O) groups excluding carboxylic acids is 2. The summed E-state index contributed by atoms with van der Waals surface area (Å²) in [7, 11) is 0. The van der Waals surface area contributed by atoms with E-state index in [0.29, 0.717) is 44.8 Å². The van der Waals surface area contributed by atoms with Gasteiger partial charge >= 0.3 is 0 Å². The van der Waals surface area contributed by atoms with Gasteiger partial charge in [0.15, 0.2) is 0 Å². The van der Waals surface area contributed by atoms with E-state index in [9.17, 15) is 9.59 Å². The largest absolute Gasteiger partial charge is 0.342 e. The summed E-state index contributed by atoms with van der Waals surface area (Å²) < 4.78 is 0. The maximum Gasteiger partial charge on any atom is 0.246 e. The smallest absolute Gasteiger partial charge is 0.246 e. The molecule has 0 aliphatic carbocycles. The van der Waals surface area contributed by atoms with Gasteiger partial charge in [0.1, 0.15) is 11.6 Å². The van der Waals surface area contributed by atoms with Gasteiger partial charge in [-0.05, 0) is 58.4 Å². The van der Waals surface area contributed by atoms with Gasteiger partial charge in [0, 0.05) is 24.3 Å². The van der Waals surface area contributed by atoms with E-state index in [2.05, 4.69) is 84.2 Å². The third-order valence-electron chi connectivity index (χ3n) is 7.77. The van der Waals surface area contributed by atoms with E-state index >= 15 is 0 Å². The third kappa shape index (κ3) is 4.79. The minimum atomic E-state index is -0.858. The molecule has 7 heteroatoms. The topological polar surface area (TPSA) is 81.3 Å². The van der Waals surface area contributed by atoms with Crippen molar-refractivity contribution in [3.63, 3.8) is 0 Å². The summed E-state index contributed by atoms with van der Waals surface area (Å²) in [5.74, 6) is 6.25. The zero-order valence-electron chi connectivity index (χ0n) is 22.4. The fourth-order valence-corrected chi connectivity index (χ4v) is 5.81. The molecule has 192 valence electrons. The van der Waals surface area contributed by atoms with Crippen molar-refractivity contribution >= 4 is 11.8 Å². The molecule has 2 fully saturated rings. The number of likely N-dealkylation sites (tertiary alicyclic amines) is 1. The molecule has 2 saturated heterocycles. The number of piperidine rings is 1. The Morgan fingerprint density at radius 3 is 2.33 bits per heavy atom. The van der Waals surface area contributed by atoms with Crippen LogP contribution in [0.5, 0.6) is 0 Å². The number of aromatic amines is 1. The van der Waals surface area contributed by atoms with E-state index < -0.39 is 11.6 Å². The summed E-state index contributed by atoms with van der Waals surface area (Å²) in [4.78, 5) is 31.4. The Morgan fingerprint density at radius 2 is 1.78 bits per heavy atom. The Morgan fingerprint density at radius 1 is 1.11 bits per heavy atom. The van der Waals surface area contributed by atoms with Crippen LogP contribution in [0.2, 0.25) is 0 Å². The molecule has 3 heterocycles. The highest BCUT2D eigenvalue weighted by molar-refractivity contribution is 6.00. The first kappa shape index (κ1) is 26.0. The molecule has 0 bridgehead atoms. The molecule has 7 nitrogen and oxygen atoms in total. The van der Waals surface area contributed by atoms with Crippen LogP contribution in [0.3, 0.4) is 0 Å². The van der Waals surface area contributed by atoms with Crippen molar-refractivity contribution in [2.45, 2.75) is 78.4 Å². The van der Waals surface area contributed by atoms with E-state index in [4.69, 9.17) is 0 Å². The van der Waals surface area contributed by atoms with Crippen LogP contribution in [0.4, 0.5) is 0 Å². The first-order valence-electron chi connectivity index (χ1n) is 13.0. The van der Waals surface area contributed by atoms with E-state index in [1.807, 2.05) is 6.92 Å². The van der Waals surface area contributed by atoms with Crippen LogP contribution >= 0.6 is 0 Å². The van der Waals surface area contributed by atoms with Gasteiger partial charge in [0.2, 0.25) is 11.8 Å². The van der Waals surface area contributed by atoms with Gasteiger partial charge in [-0.2, -0.15) is 5.10 Å². The molecule has 2 N–H and O–H groups in total. The fourth-order valence-electron chi connectivity index (χ4n) is 5.81. The number of hydrogen-bond acceptors (Lipinski definition) is 4. The Hall–Kier alpha value is -3.11. The summed E-state index contributed by atoms with van der Waals surface area (Å²) >= 11 is 0. The molecular weight excluding hydrogens is 450 g/mol. The molecule has 0 radical (unpaired) electrons. The summed E-state index contributed by atoms with van der Waals surface area (Å²) in [5.41, 5.74) is 4.80. The number of aromatic nitrogens is 2. The number of nitrogens with zero attached hydrogens (tertiary/aromatic N) is 3. The molecule has 36 heavy (non-hydrogen) atoms. The standard InChI is InChI=1S/C29H39N5O2/c1-7-8-15-34-27(35)24(18-19(2)3)30-28(36)29(34)13-16-33(17-14-29)26(23-11-9-20(4)10-12-23)25-21(5)31-32-22(25)6/h9-12,19,24,26H,13-18H2,1-6H3,(H,30,36)(H,31,32). The molecule has 0 saturated carbocycles. The van der Waals surface area contributed by atoms with Crippen molar-refractivity contribution < 1.29 is 9.59 Å². The summed E-state index contributed by atoms with van der Waals surface area (Å²) in [6, 6.07) is 8.22. The van der Waals surface area contributed by atoms with Crippen LogP contribution < -0.4 is 5.32 Å². The lowest BCUT2D eigenvalue weighted by Crippen LogP contribution is -2.73. The maximum absolute atomic E-state index is 13.6. The van der Waals surface area contributed by atoms with E-state index in [-0.39, 0.29) is 17.9 Å². The summed E-state index contributed by atoms with van der Waals surface area (Å²) in [6.07, 6.45) is 1.78. The number of carbonyl (C=O) groups is 2. The van der Waals surface area contributed by atoms with Crippen molar-refractivity contribution in [1.29, 1.82) is 0 Å². The number of aryl methyl sites for hydroxylation is 3. The molecule has 2 atom stereocenters. The van der Waals surface area contributed by atoms with Crippen LogP contribution in [0.15, 0.2) is 24.3 Å². The Bertz CT molecular complexity index is 1140. The third-order valence-corrected chi connectivity index (χ3v) is 7.77. The van der Waals surface area contributed by atoms with Gasteiger partial charge < -0.3 is 10.2 Å². The Labute approximate surface area is 215 Å². The molecule has 4 rings (SSSR count). The molecule has 1 aromatic heterocycles. The number of benzene rings is 1. The molecule has 2 amide bonds. The van der Waals surface area contributed by atoms with Crippen molar-refractivity contribution in [3.05, 3.63) is 52.3 Å². The number of nitrogens with one attached hydrogen (secondary N) is 2. The number of H-pyrrole nitrogens is 1. The lowest BCUT2D eigenvalue weighted by atomic mass is 9.80. The molecule has 2 unspecified atom stereocenters. The predicted octanol–water partition coefficient (Wildman–Crippen LogP) is 3.66. The monoisotopic (exact) mass is 489 g/mol. The SMILES string of the molecule is CC#CCN1C(=O)C(CC(C)C)NC(=O)C12CCN(C(c1ccc(C)cc1)c1c(C)n[nH]c1C)CC2. The Balaban J connectivity index is 1.65. The van der Waals surface area contributed by atoms with E-state index in [1.54, 1.807) is 11.8 Å². The van der Waals surface area contributed by atoms with Crippen LogP contribution in [0.25, 0.3) is 0 Å². The first-order valence-corrected chi connectivity index (χ1v) is 13.0. The van der Waals surface area contributed by atoms with Gasteiger partial charge in [0.25, 0.3) is 0 Å². The lowest BCUT2D eigenvalue weighted by Gasteiger charge is -2.52. The Kier molecular flexibility index (Phi) is 7.56. The van der Waals surface area contributed by atoms with Crippen LogP contribution in [-0.4, -0.2) is 63.0 Å². The van der Waals surface area contributed by atoms with Gasteiger partial charge in [-0.25, -0.2) is 0 Å². The molecular formula is C29H39N5O2. The zero-order chi connectivity index (χ0) is 26.0. The van der Waals surface area contributed by atoms with Gasteiger partial charge in [-0.15, -0.1) is 5.92 Å². The average molecular weight is 490 g/mol. The average Bonchev–Trinajstić information content (AvgIpc) is 3.17. The molecule has 2 aromatic rings. The molecule has 2 aliphatic rings.